The van der Waals surface area contributed by atoms with Crippen LogP contribution in [0.25, 0.3) is 43.1 Å². The first-order valence-corrected chi connectivity index (χ1v) is 23.1. The molecule has 70 heavy (non-hydrogen) atoms. The third-order valence-electron chi connectivity index (χ3n) is 13.1. The van der Waals surface area contributed by atoms with Gasteiger partial charge in [-0.05, 0) is 95.8 Å². The molecular weight excluding hydrogens is 879 g/mol. The lowest BCUT2D eigenvalue weighted by molar-refractivity contribution is 0.0390. The molecule has 0 atom stereocenters. The lowest BCUT2D eigenvalue weighted by Gasteiger charge is -2.34. The van der Waals surface area contributed by atoms with E-state index >= 15 is 9.59 Å². The van der Waals surface area contributed by atoms with Crippen molar-refractivity contribution < 1.29 is 42.9 Å². The van der Waals surface area contributed by atoms with Crippen LogP contribution in [0.1, 0.15) is 92.1 Å². The molecule has 0 aliphatic carbocycles. The fourth-order valence-electron chi connectivity index (χ4n) is 10.1. The molecule has 0 unspecified atom stereocenters. The van der Waals surface area contributed by atoms with Crippen molar-refractivity contribution in [3.05, 3.63) is 197 Å². The van der Waals surface area contributed by atoms with Gasteiger partial charge in [-0.3, -0.25) is 9.59 Å². The van der Waals surface area contributed by atoms with Crippen LogP contribution in [-0.2, 0) is 4.74 Å². The molecule has 12 rings (SSSR count). The number of rotatable bonds is 11. The third kappa shape index (κ3) is 6.63. The molecule has 10 aromatic carbocycles. The largest absolute Gasteiger partial charge is 0.457 e. The molecule has 0 spiro atoms. The highest BCUT2D eigenvalue weighted by Crippen LogP contribution is 2.58. The van der Waals surface area contributed by atoms with Crippen molar-refractivity contribution in [1.29, 1.82) is 0 Å². The first-order chi connectivity index (χ1) is 34.0. The Balaban J connectivity index is 1.33. The van der Waals surface area contributed by atoms with Gasteiger partial charge in [-0.15, -0.1) is 0 Å². The first kappa shape index (κ1) is 42.3. The SMILES string of the molecule is CC(C)c1cccc(C(C)C)c1N1C(=O)c2cc(Oc3ccccc3)c3c4c(Oc5ccccc5)cc5c6c(cc(Oc7ccccc7)c(c7c(Oc8ccccc8)cc(c2c37)C1=O)c64)C(=O)OC5=O. The minimum absolute atomic E-state index is 0.0473. The Morgan fingerprint density at radius 3 is 0.971 bits per heavy atom. The number of imide groups is 1. The van der Waals surface area contributed by atoms with Crippen molar-refractivity contribution >= 4 is 72.5 Å². The Hall–Kier alpha value is -9.02. The summed E-state index contributed by atoms with van der Waals surface area (Å²) in [6.45, 7) is 8.18. The highest BCUT2D eigenvalue weighted by molar-refractivity contribution is 6.46. The summed E-state index contributed by atoms with van der Waals surface area (Å²) in [5.74, 6) is -0.189. The lowest BCUT2D eigenvalue weighted by atomic mass is 9.81. The van der Waals surface area contributed by atoms with Gasteiger partial charge in [0.05, 0.1) is 27.9 Å². The summed E-state index contributed by atoms with van der Waals surface area (Å²) in [6, 6.07) is 49.0. The van der Waals surface area contributed by atoms with E-state index in [2.05, 4.69) is 0 Å². The number of carbonyl (C=O) groups excluding carboxylic acids is 4. The van der Waals surface area contributed by atoms with E-state index in [9.17, 15) is 9.59 Å². The van der Waals surface area contributed by atoms with Crippen LogP contribution in [0.2, 0.25) is 0 Å². The number of benzene rings is 10. The number of hydrogen-bond donors (Lipinski definition) is 0. The van der Waals surface area contributed by atoms with Gasteiger partial charge in [0.2, 0.25) is 0 Å². The van der Waals surface area contributed by atoms with Gasteiger partial charge in [0.1, 0.15) is 46.0 Å². The monoisotopic (exact) mass is 919 g/mol. The molecule has 2 heterocycles. The molecule has 0 aromatic heterocycles. The molecule has 10 nitrogen and oxygen atoms in total. The summed E-state index contributed by atoms with van der Waals surface area (Å²) >= 11 is 0. The Morgan fingerprint density at radius 1 is 0.357 bits per heavy atom. The van der Waals surface area contributed by atoms with Crippen molar-refractivity contribution in [2.24, 2.45) is 0 Å². The summed E-state index contributed by atoms with van der Waals surface area (Å²) in [5, 5.41) is 3.19. The smallest absolute Gasteiger partial charge is 0.346 e. The molecule has 0 fully saturated rings. The summed E-state index contributed by atoms with van der Waals surface area (Å²) in [6.07, 6.45) is 0. The standard InChI is InChI=1S/C60H41NO9/c1-32(2)38-26-17-27-39(33(3)4)56(38)61-57(62)40-28-44(66-34-18-9-5-10-19-34)50-52-46(68-36-22-13-7-14-23-36)30-42-49-43(60(65)70-59(42)64)31-47(69-37-24-15-8-16-25-37)53(55(49)52)51-45(67-35-20-11-6-12-21-35)29-41(58(61)63)48(40)54(50)51/h5-33H,1-4H3. The van der Waals surface area contributed by atoms with E-state index in [0.717, 1.165) is 11.1 Å². The molecule has 2 amide bonds. The molecule has 0 saturated carbocycles. The number of carbonyl (C=O) groups is 4. The van der Waals surface area contributed by atoms with E-state index in [1.54, 1.807) is 48.5 Å². The van der Waals surface area contributed by atoms with Gasteiger partial charge in [-0.1, -0.05) is 119 Å². The van der Waals surface area contributed by atoms with Gasteiger partial charge >= 0.3 is 11.9 Å². The van der Waals surface area contributed by atoms with Crippen molar-refractivity contribution in [3.63, 3.8) is 0 Å². The van der Waals surface area contributed by atoms with Gasteiger partial charge in [0.15, 0.2) is 0 Å². The van der Waals surface area contributed by atoms with Crippen LogP contribution in [0, 0.1) is 0 Å². The molecule has 0 bridgehead atoms. The number of hydrogen-bond acceptors (Lipinski definition) is 9. The Morgan fingerprint density at radius 2 is 0.657 bits per heavy atom. The zero-order valence-electron chi connectivity index (χ0n) is 38.4. The average molecular weight is 920 g/mol. The summed E-state index contributed by atoms with van der Waals surface area (Å²) < 4.78 is 33.1. The van der Waals surface area contributed by atoms with Crippen molar-refractivity contribution in [2.75, 3.05) is 4.90 Å². The third-order valence-corrected chi connectivity index (χ3v) is 13.1. The maximum absolute atomic E-state index is 15.8. The number of fused-ring (bicyclic) bond motifs is 2. The number of anilines is 1. The predicted molar refractivity (Wildman–Crippen MR) is 269 cm³/mol. The number of amides is 2. The van der Waals surface area contributed by atoms with E-state index in [1.165, 1.54) is 4.90 Å². The number of ether oxygens (including phenoxy) is 5. The first-order valence-electron chi connectivity index (χ1n) is 23.1. The summed E-state index contributed by atoms with van der Waals surface area (Å²) in [4.78, 5) is 61.1. The van der Waals surface area contributed by atoms with E-state index < -0.39 is 23.8 Å². The van der Waals surface area contributed by atoms with E-state index in [1.807, 2.05) is 143 Å². The van der Waals surface area contributed by atoms with Crippen molar-refractivity contribution in [3.8, 4) is 46.0 Å². The number of para-hydroxylation sites is 5. The van der Waals surface area contributed by atoms with Gasteiger partial charge in [-0.2, -0.15) is 0 Å². The van der Waals surface area contributed by atoms with E-state index in [0.29, 0.717) is 71.8 Å². The van der Waals surface area contributed by atoms with Gasteiger partial charge in [0.25, 0.3) is 11.8 Å². The van der Waals surface area contributed by atoms with Gasteiger partial charge < -0.3 is 23.7 Å². The minimum Gasteiger partial charge on any atom is -0.457 e. The van der Waals surface area contributed by atoms with Crippen molar-refractivity contribution in [1.82, 2.24) is 0 Å². The lowest BCUT2D eigenvalue weighted by Crippen LogP contribution is -2.42. The highest BCUT2D eigenvalue weighted by Gasteiger charge is 2.42. The van der Waals surface area contributed by atoms with Gasteiger partial charge in [0, 0.05) is 43.1 Å². The van der Waals surface area contributed by atoms with Crippen LogP contribution < -0.4 is 23.8 Å². The quantitative estimate of drug-likeness (QED) is 0.0411. The molecule has 340 valence electrons. The topological polar surface area (TPSA) is 118 Å². The summed E-state index contributed by atoms with van der Waals surface area (Å²) in [7, 11) is 0. The average Bonchev–Trinajstić information content (AvgIpc) is 3.36. The molecule has 0 radical (unpaired) electrons. The highest BCUT2D eigenvalue weighted by atomic mass is 16.6. The fourth-order valence-corrected chi connectivity index (χ4v) is 10.1. The van der Waals surface area contributed by atoms with E-state index in [4.69, 9.17) is 23.7 Å². The van der Waals surface area contributed by atoms with Crippen LogP contribution in [0.4, 0.5) is 5.69 Å². The molecular formula is C60H41NO9. The number of cyclic esters (lactones) is 2. The van der Waals surface area contributed by atoms with Crippen LogP contribution in [0.15, 0.2) is 164 Å². The van der Waals surface area contributed by atoms with Crippen LogP contribution >= 0.6 is 0 Å². The van der Waals surface area contributed by atoms with Crippen molar-refractivity contribution in [2.45, 2.75) is 39.5 Å². The molecule has 10 aromatic rings. The second kappa shape index (κ2) is 16.3. The maximum atomic E-state index is 15.8. The second-order valence-corrected chi connectivity index (χ2v) is 18.1. The fraction of sp³-hybridized carbons (Fsp3) is 0.100. The molecule has 2 aliphatic rings. The Labute approximate surface area is 401 Å². The summed E-state index contributed by atoms with van der Waals surface area (Å²) in [5.41, 5.74) is 2.82. The van der Waals surface area contributed by atoms with Crippen LogP contribution in [0.3, 0.4) is 0 Å². The minimum atomic E-state index is -0.860. The maximum Gasteiger partial charge on any atom is 0.346 e. The molecule has 2 aliphatic heterocycles. The second-order valence-electron chi connectivity index (χ2n) is 18.1. The Bertz CT molecular complexity index is 3580. The van der Waals surface area contributed by atoms with Crippen LogP contribution in [0.5, 0.6) is 46.0 Å². The zero-order chi connectivity index (χ0) is 47.9. The molecule has 0 N–H and O–H groups in total. The van der Waals surface area contributed by atoms with Gasteiger partial charge in [-0.25, -0.2) is 14.5 Å². The normalized spacial score (nSPS) is 13.3. The zero-order valence-corrected chi connectivity index (χ0v) is 38.4. The number of esters is 2. The predicted octanol–water partition coefficient (Wildman–Crippen LogP) is 15.3. The molecule has 10 heteroatoms. The van der Waals surface area contributed by atoms with Crippen LogP contribution in [-0.4, -0.2) is 23.8 Å². The van der Waals surface area contributed by atoms with E-state index in [-0.39, 0.29) is 57.1 Å². The molecule has 0 saturated heterocycles. The number of nitrogens with zero attached hydrogens (tertiary/aromatic N) is 1. The Kier molecular flexibility index (Phi) is 9.89.